The Morgan fingerprint density at radius 2 is 1.88 bits per heavy atom. The highest BCUT2D eigenvalue weighted by atomic mass is 19.4. The number of ether oxygens (including phenoxy) is 1. The van der Waals surface area contributed by atoms with Gasteiger partial charge >= 0.3 is 12.3 Å². The topological polar surface area (TPSA) is 87.7 Å². The number of carbonyl (C=O) groups is 2. The van der Waals surface area contributed by atoms with Gasteiger partial charge in [-0.15, -0.1) is 0 Å². The van der Waals surface area contributed by atoms with Crippen LogP contribution in [0.25, 0.3) is 0 Å². The Labute approximate surface area is 143 Å². The van der Waals surface area contributed by atoms with Crippen LogP contribution in [0.15, 0.2) is 24.3 Å². The molecule has 0 aliphatic rings. The quantitative estimate of drug-likeness (QED) is 0.751. The Morgan fingerprint density at radius 1 is 1.24 bits per heavy atom. The van der Waals surface area contributed by atoms with E-state index in [4.69, 9.17) is 9.84 Å². The predicted molar refractivity (Wildman–Crippen MR) is 83.7 cm³/mol. The average Bonchev–Trinajstić information content (AvgIpc) is 2.48. The van der Waals surface area contributed by atoms with Gasteiger partial charge in [-0.25, -0.2) is 4.79 Å². The third kappa shape index (κ3) is 7.00. The lowest BCUT2D eigenvalue weighted by Gasteiger charge is -2.24. The number of aliphatic hydroxyl groups is 1. The Balaban J connectivity index is 3.10. The lowest BCUT2D eigenvalue weighted by molar-refractivity contribution is -0.137. The molecule has 0 fully saturated rings. The second-order valence-electron chi connectivity index (χ2n) is 6.22. The van der Waals surface area contributed by atoms with Crippen molar-refractivity contribution in [2.45, 2.75) is 38.6 Å². The van der Waals surface area contributed by atoms with E-state index in [0.29, 0.717) is 0 Å². The SMILES string of the molecule is CC(C)(C)OC(=O)NC(C(=O)NCCO)c1cccc(C(F)(F)F)c1. The van der Waals surface area contributed by atoms with Gasteiger partial charge in [-0.2, -0.15) is 13.2 Å². The minimum Gasteiger partial charge on any atom is -0.444 e. The van der Waals surface area contributed by atoms with Crippen LogP contribution in [0.4, 0.5) is 18.0 Å². The van der Waals surface area contributed by atoms with Crippen molar-refractivity contribution in [3.8, 4) is 0 Å². The van der Waals surface area contributed by atoms with E-state index in [2.05, 4.69) is 10.6 Å². The highest BCUT2D eigenvalue weighted by Crippen LogP contribution is 2.31. The molecule has 3 N–H and O–H groups in total. The normalized spacial score (nSPS) is 13.1. The molecule has 140 valence electrons. The van der Waals surface area contributed by atoms with Gasteiger partial charge in [-0.05, 0) is 38.5 Å². The average molecular weight is 362 g/mol. The highest BCUT2D eigenvalue weighted by Gasteiger charge is 2.32. The molecule has 0 aliphatic carbocycles. The first kappa shape index (κ1) is 20.8. The largest absolute Gasteiger partial charge is 0.444 e. The summed E-state index contributed by atoms with van der Waals surface area (Å²) in [5.74, 6) is -0.765. The van der Waals surface area contributed by atoms with Crippen molar-refractivity contribution in [1.82, 2.24) is 10.6 Å². The molecule has 1 unspecified atom stereocenters. The van der Waals surface area contributed by atoms with Crippen LogP contribution in [0.2, 0.25) is 0 Å². The van der Waals surface area contributed by atoms with Crippen LogP contribution >= 0.6 is 0 Å². The molecular weight excluding hydrogens is 341 g/mol. The summed E-state index contributed by atoms with van der Waals surface area (Å²) in [6.07, 6.45) is -5.54. The maximum Gasteiger partial charge on any atom is 0.416 e. The molecule has 1 aromatic rings. The molecule has 0 aliphatic heterocycles. The number of halogens is 3. The van der Waals surface area contributed by atoms with Crippen LogP contribution in [-0.2, 0) is 15.7 Å². The van der Waals surface area contributed by atoms with Gasteiger partial charge in [0.25, 0.3) is 0 Å². The summed E-state index contributed by atoms with van der Waals surface area (Å²) in [5.41, 5.74) is -1.85. The minimum absolute atomic E-state index is 0.0591. The van der Waals surface area contributed by atoms with Gasteiger partial charge in [0.15, 0.2) is 0 Å². The Morgan fingerprint density at radius 3 is 2.40 bits per heavy atom. The molecule has 0 heterocycles. The van der Waals surface area contributed by atoms with E-state index in [1.807, 2.05) is 0 Å². The summed E-state index contributed by atoms with van der Waals surface area (Å²) in [7, 11) is 0. The number of aliphatic hydroxyl groups excluding tert-OH is 1. The van der Waals surface area contributed by atoms with Gasteiger partial charge in [0, 0.05) is 6.54 Å². The van der Waals surface area contributed by atoms with Crippen molar-refractivity contribution in [2.75, 3.05) is 13.2 Å². The van der Waals surface area contributed by atoms with Crippen LogP contribution in [0.1, 0.15) is 37.9 Å². The van der Waals surface area contributed by atoms with Crippen molar-refractivity contribution < 1.29 is 32.6 Å². The molecule has 2 amide bonds. The van der Waals surface area contributed by atoms with E-state index in [1.165, 1.54) is 6.07 Å². The van der Waals surface area contributed by atoms with Gasteiger partial charge in [0.05, 0.1) is 12.2 Å². The van der Waals surface area contributed by atoms with Gasteiger partial charge in [-0.3, -0.25) is 4.79 Å². The molecule has 0 saturated carbocycles. The number of carbonyl (C=O) groups excluding carboxylic acids is 2. The zero-order chi connectivity index (χ0) is 19.3. The first-order valence-electron chi connectivity index (χ1n) is 7.49. The van der Waals surface area contributed by atoms with Crippen LogP contribution in [0.3, 0.4) is 0 Å². The number of amides is 2. The zero-order valence-corrected chi connectivity index (χ0v) is 14.1. The fraction of sp³-hybridized carbons (Fsp3) is 0.500. The molecule has 0 radical (unpaired) electrons. The first-order chi connectivity index (χ1) is 11.4. The van der Waals surface area contributed by atoms with E-state index >= 15 is 0 Å². The van der Waals surface area contributed by atoms with Crippen molar-refractivity contribution >= 4 is 12.0 Å². The van der Waals surface area contributed by atoms with Crippen LogP contribution in [0.5, 0.6) is 0 Å². The van der Waals surface area contributed by atoms with Crippen molar-refractivity contribution in [1.29, 1.82) is 0 Å². The number of alkyl carbamates (subject to hydrolysis) is 1. The number of rotatable bonds is 5. The Hall–Kier alpha value is -2.29. The molecule has 0 saturated heterocycles. The summed E-state index contributed by atoms with van der Waals surface area (Å²) in [4.78, 5) is 24.1. The second-order valence-corrected chi connectivity index (χ2v) is 6.22. The molecule has 25 heavy (non-hydrogen) atoms. The van der Waals surface area contributed by atoms with Gasteiger partial charge < -0.3 is 20.5 Å². The molecule has 1 rings (SSSR count). The van der Waals surface area contributed by atoms with E-state index in [9.17, 15) is 22.8 Å². The summed E-state index contributed by atoms with van der Waals surface area (Å²) < 4.78 is 43.7. The molecule has 6 nitrogen and oxygen atoms in total. The van der Waals surface area contributed by atoms with Crippen LogP contribution in [0, 0.1) is 0 Å². The number of hydrogen-bond acceptors (Lipinski definition) is 4. The monoisotopic (exact) mass is 362 g/mol. The molecule has 0 spiro atoms. The standard InChI is InChI=1S/C16H21F3N2O4/c1-15(2,3)25-14(24)21-12(13(23)20-7-8-22)10-5-4-6-11(9-10)16(17,18)19/h4-6,9,12,22H,7-8H2,1-3H3,(H,20,23)(H,21,24). The Kier molecular flexibility index (Phi) is 6.80. The van der Waals surface area contributed by atoms with Crippen molar-refractivity contribution in [3.63, 3.8) is 0 Å². The molecular formula is C16H21F3N2O4. The van der Waals surface area contributed by atoms with Gasteiger partial charge in [0.2, 0.25) is 5.91 Å². The third-order valence-electron chi connectivity index (χ3n) is 2.88. The van der Waals surface area contributed by atoms with Crippen molar-refractivity contribution in [2.24, 2.45) is 0 Å². The molecule has 0 aromatic heterocycles. The van der Waals surface area contributed by atoms with E-state index in [0.717, 1.165) is 18.2 Å². The summed E-state index contributed by atoms with van der Waals surface area (Å²) in [6.45, 7) is 4.37. The van der Waals surface area contributed by atoms with Gasteiger partial charge in [0.1, 0.15) is 11.6 Å². The number of alkyl halides is 3. The minimum atomic E-state index is -4.59. The smallest absolute Gasteiger partial charge is 0.416 e. The lowest BCUT2D eigenvalue weighted by Crippen LogP contribution is -2.43. The van der Waals surface area contributed by atoms with E-state index < -0.39 is 35.4 Å². The zero-order valence-electron chi connectivity index (χ0n) is 14.1. The highest BCUT2D eigenvalue weighted by molar-refractivity contribution is 5.87. The first-order valence-corrected chi connectivity index (χ1v) is 7.49. The fourth-order valence-electron chi connectivity index (χ4n) is 1.90. The number of nitrogens with one attached hydrogen (secondary N) is 2. The number of benzene rings is 1. The molecule has 0 bridgehead atoms. The second kappa shape index (κ2) is 8.19. The van der Waals surface area contributed by atoms with Gasteiger partial charge in [-0.1, -0.05) is 12.1 Å². The van der Waals surface area contributed by atoms with Crippen LogP contribution in [-0.4, -0.2) is 35.9 Å². The molecule has 1 atom stereocenters. The van der Waals surface area contributed by atoms with E-state index in [-0.39, 0.29) is 18.7 Å². The lowest BCUT2D eigenvalue weighted by atomic mass is 10.0. The third-order valence-corrected chi connectivity index (χ3v) is 2.88. The molecule has 1 aromatic carbocycles. The fourth-order valence-corrected chi connectivity index (χ4v) is 1.90. The summed E-state index contributed by atoms with van der Waals surface area (Å²) in [5, 5.41) is 13.3. The maximum atomic E-state index is 12.9. The maximum absolute atomic E-state index is 12.9. The summed E-state index contributed by atoms with van der Waals surface area (Å²) in [6, 6.07) is 2.67. The van der Waals surface area contributed by atoms with Crippen LogP contribution < -0.4 is 10.6 Å². The van der Waals surface area contributed by atoms with Crippen molar-refractivity contribution in [3.05, 3.63) is 35.4 Å². The summed E-state index contributed by atoms with van der Waals surface area (Å²) >= 11 is 0. The number of hydrogen-bond donors (Lipinski definition) is 3. The predicted octanol–water partition coefficient (Wildman–Crippen LogP) is 2.38. The Bertz CT molecular complexity index is 612. The molecule has 9 heteroatoms. The van der Waals surface area contributed by atoms with E-state index in [1.54, 1.807) is 20.8 Å².